The van der Waals surface area contributed by atoms with E-state index in [2.05, 4.69) is 15.9 Å². The quantitative estimate of drug-likeness (QED) is 0.620. The van der Waals surface area contributed by atoms with E-state index < -0.39 is 10.1 Å². The summed E-state index contributed by atoms with van der Waals surface area (Å²) in [7, 11) is -3.47. The molecule has 0 N–H and O–H groups in total. The van der Waals surface area contributed by atoms with Gasteiger partial charge in [-0.05, 0) is 24.6 Å². The number of rotatable bonds is 3. The van der Waals surface area contributed by atoms with Crippen molar-refractivity contribution in [3.05, 3.63) is 29.8 Å². The Bertz CT molecular complexity index is 386. The van der Waals surface area contributed by atoms with Gasteiger partial charge in [0, 0.05) is 0 Å². The molecule has 0 unspecified atom stereocenters. The van der Waals surface area contributed by atoms with E-state index in [1.165, 1.54) is 0 Å². The maximum absolute atomic E-state index is 11.0. The molecule has 0 aliphatic heterocycles. The zero-order valence-corrected chi connectivity index (χ0v) is 9.43. The van der Waals surface area contributed by atoms with Crippen molar-refractivity contribution >= 4 is 26.0 Å². The van der Waals surface area contributed by atoms with Crippen LogP contribution in [0.5, 0.6) is 5.75 Å². The molecule has 0 fully saturated rings. The molecular weight excluding hydrogens is 256 g/mol. The predicted molar refractivity (Wildman–Crippen MR) is 54.5 cm³/mol. The van der Waals surface area contributed by atoms with Crippen molar-refractivity contribution in [2.24, 2.45) is 0 Å². The van der Waals surface area contributed by atoms with Crippen LogP contribution in [0.1, 0.15) is 5.56 Å². The van der Waals surface area contributed by atoms with Crippen LogP contribution in [0.3, 0.4) is 0 Å². The molecule has 1 aromatic carbocycles. The van der Waals surface area contributed by atoms with Crippen LogP contribution >= 0.6 is 15.9 Å². The average Bonchev–Trinajstić information content (AvgIpc) is 2.03. The summed E-state index contributed by atoms with van der Waals surface area (Å²) in [5.41, 5.74) is 0.960. The summed E-state index contributed by atoms with van der Waals surface area (Å²) in [6.45, 7) is 1.87. The molecule has 1 aromatic rings. The fourth-order valence-electron chi connectivity index (χ4n) is 0.836. The fraction of sp³-hybridized carbons (Fsp3) is 0.250. The van der Waals surface area contributed by atoms with Gasteiger partial charge in [-0.2, -0.15) is 8.42 Å². The average molecular weight is 265 g/mol. The lowest BCUT2D eigenvalue weighted by Crippen LogP contribution is -2.09. The summed E-state index contributed by atoms with van der Waals surface area (Å²) in [6.07, 6.45) is 0. The minimum Gasteiger partial charge on any atom is -0.382 e. The Balaban J connectivity index is 2.87. The monoisotopic (exact) mass is 264 g/mol. The van der Waals surface area contributed by atoms with Crippen molar-refractivity contribution in [1.82, 2.24) is 0 Å². The maximum Gasteiger partial charge on any atom is 0.319 e. The summed E-state index contributed by atoms with van der Waals surface area (Å²) < 4.78 is 26.6. The zero-order chi connectivity index (χ0) is 9.90. The lowest BCUT2D eigenvalue weighted by molar-refractivity contribution is 0.492. The van der Waals surface area contributed by atoms with Crippen LogP contribution in [0.25, 0.3) is 0 Å². The first kappa shape index (κ1) is 10.5. The van der Waals surface area contributed by atoms with E-state index in [4.69, 9.17) is 4.18 Å². The molecule has 3 nitrogen and oxygen atoms in total. The molecule has 13 heavy (non-hydrogen) atoms. The number of hydrogen-bond acceptors (Lipinski definition) is 3. The zero-order valence-electron chi connectivity index (χ0n) is 7.03. The molecule has 72 valence electrons. The number of alkyl halides is 1. The molecule has 0 saturated heterocycles. The molecule has 0 amide bonds. The highest BCUT2D eigenvalue weighted by Gasteiger charge is 2.09. The van der Waals surface area contributed by atoms with Crippen LogP contribution in [-0.2, 0) is 10.1 Å². The van der Waals surface area contributed by atoms with Crippen LogP contribution in [0.4, 0.5) is 0 Å². The van der Waals surface area contributed by atoms with E-state index in [9.17, 15) is 8.42 Å². The van der Waals surface area contributed by atoms with Gasteiger partial charge in [0.15, 0.2) is 0 Å². The topological polar surface area (TPSA) is 43.4 Å². The van der Waals surface area contributed by atoms with E-state index in [1.54, 1.807) is 18.2 Å². The smallest absolute Gasteiger partial charge is 0.319 e. The summed E-state index contributed by atoms with van der Waals surface area (Å²) in [4.78, 5) is 0. The van der Waals surface area contributed by atoms with E-state index >= 15 is 0 Å². The molecular formula is C8H9BrO3S. The van der Waals surface area contributed by atoms with Crippen molar-refractivity contribution in [1.29, 1.82) is 0 Å². The van der Waals surface area contributed by atoms with E-state index in [-0.39, 0.29) is 4.66 Å². The summed E-state index contributed by atoms with van der Waals surface area (Å²) >= 11 is 2.83. The van der Waals surface area contributed by atoms with Crippen LogP contribution in [-0.4, -0.2) is 13.1 Å². The third-order valence-corrected chi connectivity index (χ3v) is 3.74. The molecule has 0 heterocycles. The Morgan fingerprint density at radius 2 is 2.15 bits per heavy atom. The Hall–Kier alpha value is -0.550. The van der Waals surface area contributed by atoms with Gasteiger partial charge in [-0.25, -0.2) is 0 Å². The second-order valence-electron chi connectivity index (χ2n) is 2.57. The summed E-state index contributed by atoms with van der Waals surface area (Å²) in [5.74, 6) is 0.347. The van der Waals surface area contributed by atoms with Crippen molar-refractivity contribution in [3.8, 4) is 5.75 Å². The Kier molecular flexibility index (Phi) is 3.33. The molecule has 1 rings (SSSR count). The lowest BCUT2D eigenvalue weighted by atomic mass is 10.2. The van der Waals surface area contributed by atoms with Gasteiger partial charge in [-0.3, -0.25) is 0 Å². The maximum atomic E-state index is 11.0. The Labute approximate surface area is 86.0 Å². The molecule has 0 atom stereocenters. The van der Waals surface area contributed by atoms with Gasteiger partial charge < -0.3 is 4.18 Å². The van der Waals surface area contributed by atoms with Crippen LogP contribution < -0.4 is 4.18 Å². The van der Waals surface area contributed by atoms with Gasteiger partial charge in [-0.15, -0.1) is 0 Å². The summed E-state index contributed by atoms with van der Waals surface area (Å²) in [6, 6.07) is 6.88. The number of aryl methyl sites for hydroxylation is 1. The fourth-order valence-corrected chi connectivity index (χ4v) is 1.56. The van der Waals surface area contributed by atoms with Crippen molar-refractivity contribution in [2.45, 2.75) is 6.92 Å². The van der Waals surface area contributed by atoms with E-state index in [0.717, 1.165) is 5.56 Å². The minimum atomic E-state index is -3.47. The summed E-state index contributed by atoms with van der Waals surface area (Å²) in [5, 5.41) is 0. The predicted octanol–water partition coefficient (Wildman–Crippen LogP) is 2.06. The third-order valence-electron chi connectivity index (χ3n) is 1.35. The lowest BCUT2D eigenvalue weighted by Gasteiger charge is -2.04. The van der Waals surface area contributed by atoms with Gasteiger partial charge in [0.1, 0.15) is 10.4 Å². The van der Waals surface area contributed by atoms with Gasteiger partial charge in [-0.1, -0.05) is 28.1 Å². The van der Waals surface area contributed by atoms with Crippen molar-refractivity contribution in [2.75, 3.05) is 4.66 Å². The Morgan fingerprint density at radius 1 is 1.46 bits per heavy atom. The minimum absolute atomic E-state index is 0.200. The number of halogens is 1. The van der Waals surface area contributed by atoms with Crippen LogP contribution in [0, 0.1) is 6.92 Å². The number of hydrogen-bond donors (Lipinski definition) is 0. The van der Waals surface area contributed by atoms with Crippen LogP contribution in [0.2, 0.25) is 0 Å². The molecule has 0 radical (unpaired) electrons. The highest BCUT2D eigenvalue weighted by molar-refractivity contribution is 9.10. The van der Waals surface area contributed by atoms with Gasteiger partial charge in [0.2, 0.25) is 0 Å². The molecule has 5 heteroatoms. The molecule has 0 aliphatic carbocycles. The second kappa shape index (κ2) is 4.11. The first-order chi connectivity index (χ1) is 6.03. The highest BCUT2D eigenvalue weighted by Crippen LogP contribution is 2.15. The molecule has 0 aromatic heterocycles. The molecule has 0 bridgehead atoms. The van der Waals surface area contributed by atoms with Gasteiger partial charge in [0.05, 0.1) is 0 Å². The normalized spacial score (nSPS) is 11.2. The third kappa shape index (κ3) is 3.36. The number of benzene rings is 1. The van der Waals surface area contributed by atoms with E-state index in [0.29, 0.717) is 5.75 Å². The first-order valence-electron chi connectivity index (χ1n) is 3.58. The second-order valence-corrected chi connectivity index (χ2v) is 5.44. The van der Waals surface area contributed by atoms with Crippen molar-refractivity contribution < 1.29 is 12.6 Å². The largest absolute Gasteiger partial charge is 0.382 e. The standard InChI is InChI=1S/C8H9BrO3S/c1-7-3-2-4-8(5-7)12-13(10,11)6-9/h2-5H,6H2,1H3. The molecule has 0 spiro atoms. The highest BCUT2D eigenvalue weighted by atomic mass is 79.9. The van der Waals surface area contributed by atoms with Crippen LogP contribution in [0.15, 0.2) is 24.3 Å². The van der Waals surface area contributed by atoms with E-state index in [1.807, 2.05) is 13.0 Å². The SMILES string of the molecule is Cc1cccc(OS(=O)(=O)CBr)c1. The molecule has 0 saturated carbocycles. The molecule has 0 aliphatic rings. The van der Waals surface area contributed by atoms with Gasteiger partial charge >= 0.3 is 10.1 Å². The van der Waals surface area contributed by atoms with Gasteiger partial charge in [0.25, 0.3) is 0 Å². The first-order valence-corrected chi connectivity index (χ1v) is 6.28. The Morgan fingerprint density at radius 3 is 2.69 bits per heavy atom. The van der Waals surface area contributed by atoms with Crippen molar-refractivity contribution in [3.63, 3.8) is 0 Å².